The van der Waals surface area contributed by atoms with Gasteiger partial charge in [0.1, 0.15) is 5.69 Å². The minimum atomic E-state index is 0.156. The molecule has 0 atom stereocenters. The predicted octanol–water partition coefficient (Wildman–Crippen LogP) is 1.10. The molecule has 3 heteroatoms. The minimum absolute atomic E-state index is 0.156. The van der Waals surface area contributed by atoms with E-state index in [1.165, 1.54) is 0 Å². The van der Waals surface area contributed by atoms with Crippen LogP contribution >= 0.6 is 0 Å². The van der Waals surface area contributed by atoms with E-state index < -0.39 is 0 Å². The van der Waals surface area contributed by atoms with Crippen molar-refractivity contribution in [3.8, 4) is 0 Å². The molecule has 12 heavy (non-hydrogen) atoms. The molecule has 1 aromatic rings. The molecule has 1 aromatic heterocycles. The number of fused-ring (bicyclic) bond motifs is 1. The number of carbonyl (C=O) groups excluding carboxylic acids is 1. The van der Waals surface area contributed by atoms with Gasteiger partial charge in [0, 0.05) is 26.2 Å². The molecule has 0 amide bonds. The Morgan fingerprint density at radius 1 is 1.58 bits per heavy atom. The summed E-state index contributed by atoms with van der Waals surface area (Å²) in [6.07, 6.45) is 2.25. The van der Waals surface area contributed by atoms with E-state index in [9.17, 15) is 4.79 Å². The van der Waals surface area contributed by atoms with Crippen molar-refractivity contribution in [3.05, 3.63) is 24.0 Å². The molecular weight excluding hydrogens is 152 g/mol. The van der Waals surface area contributed by atoms with Gasteiger partial charge < -0.3 is 4.90 Å². The lowest BCUT2D eigenvalue weighted by Gasteiger charge is -2.25. The average molecular weight is 162 g/mol. The Hall–Kier alpha value is -1.38. The van der Waals surface area contributed by atoms with Gasteiger partial charge in [-0.25, -0.2) is 0 Å². The van der Waals surface area contributed by atoms with Gasteiger partial charge in [-0.3, -0.25) is 9.78 Å². The normalized spacial score (nSPS) is 16.1. The van der Waals surface area contributed by atoms with Gasteiger partial charge in [-0.1, -0.05) is 0 Å². The van der Waals surface area contributed by atoms with E-state index in [-0.39, 0.29) is 5.78 Å². The maximum Gasteiger partial charge on any atom is 0.185 e. The largest absolute Gasteiger partial charge is 0.372 e. The first kappa shape index (κ1) is 7.28. The van der Waals surface area contributed by atoms with Crippen LogP contribution < -0.4 is 4.90 Å². The number of Topliss-reactive ketones (excluding diaryl/α,β-unsaturated/α-hetero) is 1. The number of aromatic nitrogens is 1. The van der Waals surface area contributed by atoms with Gasteiger partial charge in [0.25, 0.3) is 0 Å². The van der Waals surface area contributed by atoms with Crippen molar-refractivity contribution < 1.29 is 4.79 Å². The number of hydrogen-bond acceptors (Lipinski definition) is 3. The first-order valence-electron chi connectivity index (χ1n) is 3.98. The zero-order valence-electron chi connectivity index (χ0n) is 6.95. The highest BCUT2D eigenvalue weighted by Gasteiger charge is 2.20. The van der Waals surface area contributed by atoms with E-state index in [4.69, 9.17) is 0 Å². The first-order chi connectivity index (χ1) is 5.79. The Morgan fingerprint density at radius 3 is 3.17 bits per heavy atom. The van der Waals surface area contributed by atoms with Crippen LogP contribution in [0.25, 0.3) is 0 Å². The minimum Gasteiger partial charge on any atom is -0.372 e. The Bertz CT molecular complexity index is 322. The number of anilines is 1. The van der Waals surface area contributed by atoms with Crippen LogP contribution in [-0.4, -0.2) is 24.4 Å². The van der Waals surface area contributed by atoms with Crippen molar-refractivity contribution in [3.63, 3.8) is 0 Å². The van der Waals surface area contributed by atoms with Crippen LogP contribution in [0, 0.1) is 0 Å². The third kappa shape index (κ3) is 0.978. The number of ketones is 1. The van der Waals surface area contributed by atoms with E-state index >= 15 is 0 Å². The quantitative estimate of drug-likeness (QED) is 0.572. The monoisotopic (exact) mass is 162 g/mol. The summed E-state index contributed by atoms with van der Waals surface area (Å²) >= 11 is 0. The summed E-state index contributed by atoms with van der Waals surface area (Å²) in [5, 5.41) is 0. The molecule has 0 fully saturated rings. The highest BCUT2D eigenvalue weighted by atomic mass is 16.1. The van der Waals surface area contributed by atoms with Crippen LogP contribution in [0.1, 0.15) is 16.9 Å². The van der Waals surface area contributed by atoms with Crippen molar-refractivity contribution >= 4 is 11.5 Å². The van der Waals surface area contributed by atoms with Crippen molar-refractivity contribution in [2.24, 2.45) is 0 Å². The van der Waals surface area contributed by atoms with Crippen molar-refractivity contribution in [2.45, 2.75) is 6.42 Å². The lowest BCUT2D eigenvalue weighted by molar-refractivity contribution is 0.0975. The van der Waals surface area contributed by atoms with Gasteiger partial charge in [-0.2, -0.15) is 0 Å². The topological polar surface area (TPSA) is 33.2 Å². The van der Waals surface area contributed by atoms with Gasteiger partial charge >= 0.3 is 0 Å². The number of rotatable bonds is 0. The Labute approximate surface area is 71.0 Å². The molecule has 1 aliphatic rings. The molecule has 0 radical (unpaired) electrons. The molecule has 0 saturated carbocycles. The van der Waals surface area contributed by atoms with E-state index in [1.807, 2.05) is 19.2 Å². The third-order valence-electron chi connectivity index (χ3n) is 2.14. The van der Waals surface area contributed by atoms with Crippen LogP contribution in [0.15, 0.2) is 18.3 Å². The molecule has 0 spiro atoms. The predicted molar refractivity (Wildman–Crippen MR) is 46.5 cm³/mol. The summed E-state index contributed by atoms with van der Waals surface area (Å²) in [6.45, 7) is 0.803. The molecule has 0 saturated heterocycles. The van der Waals surface area contributed by atoms with Crippen molar-refractivity contribution in [2.75, 3.05) is 18.5 Å². The fraction of sp³-hybridized carbons (Fsp3) is 0.333. The summed E-state index contributed by atoms with van der Waals surface area (Å²) in [5.74, 6) is 0.156. The number of nitrogens with zero attached hydrogens (tertiary/aromatic N) is 2. The molecule has 2 heterocycles. The van der Waals surface area contributed by atoms with Crippen molar-refractivity contribution in [1.82, 2.24) is 4.98 Å². The molecule has 0 aliphatic carbocycles. The Balaban J connectivity index is 2.55. The fourth-order valence-corrected chi connectivity index (χ4v) is 1.43. The summed E-state index contributed by atoms with van der Waals surface area (Å²) in [6, 6.07) is 3.79. The zero-order valence-corrected chi connectivity index (χ0v) is 6.95. The zero-order chi connectivity index (χ0) is 8.55. The van der Waals surface area contributed by atoms with Gasteiger partial charge in [0.2, 0.25) is 0 Å². The fourth-order valence-electron chi connectivity index (χ4n) is 1.43. The first-order valence-corrected chi connectivity index (χ1v) is 3.98. The lowest BCUT2D eigenvalue weighted by Crippen LogP contribution is -2.28. The van der Waals surface area contributed by atoms with E-state index in [1.54, 1.807) is 6.20 Å². The average Bonchev–Trinajstić information content (AvgIpc) is 2.12. The summed E-state index contributed by atoms with van der Waals surface area (Å²) < 4.78 is 0. The van der Waals surface area contributed by atoms with Crippen LogP contribution in [-0.2, 0) is 0 Å². The molecule has 3 nitrogen and oxygen atoms in total. The second-order valence-corrected chi connectivity index (χ2v) is 2.97. The molecule has 62 valence electrons. The number of hydrogen-bond donors (Lipinski definition) is 0. The van der Waals surface area contributed by atoms with Crippen LogP contribution in [0.4, 0.5) is 5.69 Å². The van der Waals surface area contributed by atoms with Gasteiger partial charge in [0.05, 0.1) is 5.69 Å². The third-order valence-corrected chi connectivity index (χ3v) is 2.14. The van der Waals surface area contributed by atoms with Crippen LogP contribution in [0.5, 0.6) is 0 Å². The van der Waals surface area contributed by atoms with Crippen LogP contribution in [0.2, 0.25) is 0 Å². The van der Waals surface area contributed by atoms with Gasteiger partial charge in [-0.05, 0) is 12.1 Å². The van der Waals surface area contributed by atoms with Gasteiger partial charge in [0.15, 0.2) is 5.78 Å². The Morgan fingerprint density at radius 2 is 2.42 bits per heavy atom. The molecule has 0 aromatic carbocycles. The maximum absolute atomic E-state index is 11.3. The highest BCUT2D eigenvalue weighted by molar-refractivity contribution is 6.01. The van der Waals surface area contributed by atoms with Gasteiger partial charge in [-0.15, -0.1) is 0 Å². The SMILES string of the molecule is CN1CCC(=O)c2ncccc21. The van der Waals surface area contributed by atoms with E-state index in [0.29, 0.717) is 12.1 Å². The molecule has 0 bridgehead atoms. The maximum atomic E-state index is 11.3. The molecule has 0 N–H and O–H groups in total. The van der Waals surface area contributed by atoms with E-state index in [2.05, 4.69) is 9.88 Å². The summed E-state index contributed by atoms with van der Waals surface area (Å²) in [7, 11) is 1.98. The highest BCUT2D eigenvalue weighted by Crippen LogP contribution is 2.22. The number of pyridine rings is 1. The lowest BCUT2D eigenvalue weighted by atomic mass is 10.1. The van der Waals surface area contributed by atoms with Crippen LogP contribution in [0.3, 0.4) is 0 Å². The standard InChI is InChI=1S/C9H10N2O/c1-11-6-4-8(12)9-7(11)3-2-5-10-9/h2-3,5H,4,6H2,1H3. The summed E-state index contributed by atoms with van der Waals surface area (Å²) in [5.41, 5.74) is 1.57. The molecule has 1 aliphatic heterocycles. The van der Waals surface area contributed by atoms with E-state index in [0.717, 1.165) is 12.2 Å². The molecular formula is C9H10N2O. The molecule has 0 unspecified atom stereocenters. The molecule has 2 rings (SSSR count). The second kappa shape index (κ2) is 2.59. The number of carbonyl (C=O) groups is 1. The summed E-state index contributed by atoms with van der Waals surface area (Å²) in [4.78, 5) is 17.5. The Kier molecular flexibility index (Phi) is 1.57. The van der Waals surface area contributed by atoms with Crippen molar-refractivity contribution in [1.29, 1.82) is 0 Å². The second-order valence-electron chi connectivity index (χ2n) is 2.97. The smallest absolute Gasteiger partial charge is 0.185 e.